The number of rotatable bonds is 7. The minimum atomic E-state index is -4.05. The molecule has 186 valence electrons. The van der Waals surface area contributed by atoms with Gasteiger partial charge >= 0.3 is 0 Å². The fourth-order valence-corrected chi connectivity index (χ4v) is 6.64. The van der Waals surface area contributed by atoms with Crippen molar-refractivity contribution < 1.29 is 8.42 Å². The summed E-state index contributed by atoms with van der Waals surface area (Å²) in [6.45, 7) is 7.64. The van der Waals surface area contributed by atoms with E-state index < -0.39 is 22.1 Å². The van der Waals surface area contributed by atoms with Crippen LogP contribution in [0.1, 0.15) is 45.5 Å². The molecule has 0 spiro atoms. The van der Waals surface area contributed by atoms with Crippen LogP contribution in [0.15, 0.2) is 95.9 Å². The monoisotopic (exact) mass is 518 g/mol. The van der Waals surface area contributed by atoms with Crippen LogP contribution in [-0.4, -0.2) is 8.42 Å². The van der Waals surface area contributed by atoms with Gasteiger partial charge in [0, 0.05) is 5.02 Å². The Hall–Kier alpha value is -3.12. The lowest BCUT2D eigenvalue weighted by Gasteiger charge is -2.38. The zero-order valence-electron chi connectivity index (χ0n) is 20.9. The molecule has 4 nitrogen and oxygen atoms in total. The first-order valence-corrected chi connectivity index (χ1v) is 13.7. The molecule has 0 heterocycles. The predicted octanol–water partition coefficient (Wildman–Crippen LogP) is 7.21. The van der Waals surface area contributed by atoms with Crippen LogP contribution in [0.5, 0.6) is 0 Å². The van der Waals surface area contributed by atoms with E-state index in [1.54, 1.807) is 12.1 Å². The van der Waals surface area contributed by atoms with Crippen molar-refractivity contribution in [1.29, 1.82) is 0 Å². The molecule has 0 fully saturated rings. The van der Waals surface area contributed by atoms with E-state index in [0.717, 1.165) is 27.8 Å². The second-order valence-corrected chi connectivity index (χ2v) is 11.4. The van der Waals surface area contributed by atoms with E-state index in [1.165, 1.54) is 4.31 Å². The van der Waals surface area contributed by atoms with Gasteiger partial charge in [-0.1, -0.05) is 96.0 Å². The molecule has 0 aromatic heterocycles. The third-order valence-corrected chi connectivity index (χ3v) is 8.93. The SMILES string of the molecule is Cc1ccc(S(=O)(=O)N(c2c(C)cc(C)c(Cl)c2C)C(c2ccccc2)C(N)c2ccccc2)cc1. The van der Waals surface area contributed by atoms with Crippen molar-refractivity contribution in [2.24, 2.45) is 5.73 Å². The number of aryl methyl sites for hydroxylation is 3. The molecule has 0 aliphatic rings. The molecule has 36 heavy (non-hydrogen) atoms. The smallest absolute Gasteiger partial charge is 0.264 e. The molecule has 2 atom stereocenters. The van der Waals surface area contributed by atoms with E-state index in [0.29, 0.717) is 16.3 Å². The average molecular weight is 519 g/mol. The topological polar surface area (TPSA) is 63.4 Å². The molecule has 0 radical (unpaired) electrons. The lowest BCUT2D eigenvalue weighted by Crippen LogP contribution is -2.41. The van der Waals surface area contributed by atoms with Crippen molar-refractivity contribution in [1.82, 2.24) is 0 Å². The van der Waals surface area contributed by atoms with E-state index >= 15 is 0 Å². The van der Waals surface area contributed by atoms with Crippen LogP contribution in [0.25, 0.3) is 0 Å². The maximum atomic E-state index is 14.5. The van der Waals surface area contributed by atoms with Gasteiger partial charge in [0.1, 0.15) is 0 Å². The third kappa shape index (κ3) is 4.92. The number of halogens is 1. The van der Waals surface area contributed by atoms with Crippen molar-refractivity contribution in [2.45, 2.75) is 44.7 Å². The van der Waals surface area contributed by atoms with Crippen molar-refractivity contribution in [2.75, 3.05) is 4.31 Å². The Labute approximate surface area is 219 Å². The van der Waals surface area contributed by atoms with Gasteiger partial charge in [0.05, 0.1) is 22.7 Å². The van der Waals surface area contributed by atoms with E-state index in [2.05, 4.69) is 0 Å². The zero-order valence-corrected chi connectivity index (χ0v) is 22.5. The summed E-state index contributed by atoms with van der Waals surface area (Å²) in [6, 6.07) is 26.6. The highest BCUT2D eigenvalue weighted by Gasteiger charge is 2.39. The predicted molar refractivity (Wildman–Crippen MR) is 149 cm³/mol. The summed E-state index contributed by atoms with van der Waals surface area (Å²) in [4.78, 5) is 0.199. The Balaban J connectivity index is 2.07. The van der Waals surface area contributed by atoms with Crippen LogP contribution >= 0.6 is 11.6 Å². The number of nitrogens with zero attached hydrogens (tertiary/aromatic N) is 1. The standard InChI is InChI=1S/C30H31ClN2O2S/c1-20-15-17-26(18-16-20)36(34,35)33(29-22(3)19-21(2)27(31)23(29)4)30(25-13-9-6-10-14-25)28(32)24-11-7-5-8-12-24/h5-19,28,30H,32H2,1-4H3. The van der Waals surface area contributed by atoms with Gasteiger partial charge in [-0.05, 0) is 67.6 Å². The van der Waals surface area contributed by atoms with Gasteiger partial charge in [0.2, 0.25) is 0 Å². The number of hydrogen-bond donors (Lipinski definition) is 1. The van der Waals surface area contributed by atoms with E-state index in [9.17, 15) is 8.42 Å². The summed E-state index contributed by atoms with van der Waals surface area (Å²) < 4.78 is 30.5. The highest BCUT2D eigenvalue weighted by molar-refractivity contribution is 7.92. The number of nitrogens with two attached hydrogens (primary N) is 1. The van der Waals surface area contributed by atoms with Gasteiger partial charge in [-0.2, -0.15) is 0 Å². The lowest BCUT2D eigenvalue weighted by atomic mass is 9.92. The zero-order chi connectivity index (χ0) is 26.0. The summed E-state index contributed by atoms with van der Waals surface area (Å²) in [6.07, 6.45) is 0. The fraction of sp³-hybridized carbons (Fsp3) is 0.200. The largest absolute Gasteiger partial charge is 0.322 e. The molecule has 0 amide bonds. The maximum Gasteiger partial charge on any atom is 0.264 e. The summed E-state index contributed by atoms with van der Waals surface area (Å²) in [7, 11) is -4.05. The summed E-state index contributed by atoms with van der Waals surface area (Å²) in [5.41, 5.74) is 12.5. The van der Waals surface area contributed by atoms with Crippen LogP contribution in [0.2, 0.25) is 5.02 Å². The van der Waals surface area contributed by atoms with Crippen LogP contribution in [0, 0.1) is 27.7 Å². The molecular weight excluding hydrogens is 488 g/mol. The highest BCUT2D eigenvalue weighted by atomic mass is 35.5. The molecule has 0 aliphatic carbocycles. The van der Waals surface area contributed by atoms with Crippen molar-refractivity contribution >= 4 is 27.3 Å². The minimum Gasteiger partial charge on any atom is -0.322 e. The summed E-state index contributed by atoms with van der Waals surface area (Å²) in [5, 5.41) is 0.541. The average Bonchev–Trinajstić information content (AvgIpc) is 2.88. The molecule has 6 heteroatoms. The molecule has 4 rings (SSSR count). The van der Waals surface area contributed by atoms with E-state index in [-0.39, 0.29) is 4.90 Å². The first kappa shape index (κ1) is 26.0. The van der Waals surface area contributed by atoms with Crippen LogP contribution in [0.4, 0.5) is 5.69 Å². The normalized spacial score (nSPS) is 13.3. The van der Waals surface area contributed by atoms with Crippen molar-refractivity contribution in [3.05, 3.63) is 129 Å². The van der Waals surface area contributed by atoms with Gasteiger partial charge in [-0.25, -0.2) is 8.42 Å². The molecule has 0 saturated carbocycles. The Morgan fingerprint density at radius 2 is 1.28 bits per heavy atom. The van der Waals surface area contributed by atoms with Gasteiger partial charge < -0.3 is 5.73 Å². The Kier molecular flexibility index (Phi) is 7.55. The molecule has 0 aliphatic heterocycles. The molecule has 2 N–H and O–H groups in total. The second kappa shape index (κ2) is 10.5. The molecule has 0 saturated heterocycles. The number of hydrogen-bond acceptors (Lipinski definition) is 3. The number of sulfonamides is 1. The summed E-state index contributed by atoms with van der Waals surface area (Å²) >= 11 is 6.71. The molecular formula is C30H31ClN2O2S. The first-order chi connectivity index (χ1) is 17.1. The van der Waals surface area contributed by atoms with Crippen molar-refractivity contribution in [3.63, 3.8) is 0 Å². The third-order valence-electron chi connectivity index (χ3n) is 6.55. The van der Waals surface area contributed by atoms with Crippen LogP contribution in [0.3, 0.4) is 0 Å². The van der Waals surface area contributed by atoms with Gasteiger partial charge in [0.15, 0.2) is 0 Å². The van der Waals surface area contributed by atoms with E-state index in [4.69, 9.17) is 17.3 Å². The fourth-order valence-electron chi connectivity index (χ4n) is 4.72. The molecule has 2 unspecified atom stereocenters. The van der Waals surface area contributed by atoms with Gasteiger partial charge in [-0.15, -0.1) is 0 Å². The maximum absolute atomic E-state index is 14.5. The minimum absolute atomic E-state index is 0.199. The van der Waals surface area contributed by atoms with Crippen molar-refractivity contribution in [3.8, 4) is 0 Å². The first-order valence-electron chi connectivity index (χ1n) is 11.9. The lowest BCUT2D eigenvalue weighted by molar-refractivity contribution is 0.538. The second-order valence-electron chi connectivity index (χ2n) is 9.20. The molecule has 0 bridgehead atoms. The highest BCUT2D eigenvalue weighted by Crippen LogP contribution is 2.44. The Morgan fingerprint density at radius 3 is 1.83 bits per heavy atom. The quantitative estimate of drug-likeness (QED) is 0.281. The number of anilines is 1. The van der Waals surface area contributed by atoms with E-state index in [1.807, 2.05) is 107 Å². The van der Waals surface area contributed by atoms with Gasteiger partial charge in [0.25, 0.3) is 10.0 Å². The molecule has 4 aromatic rings. The van der Waals surface area contributed by atoms with Crippen LogP contribution in [-0.2, 0) is 10.0 Å². The molecule has 4 aromatic carbocycles. The Morgan fingerprint density at radius 1 is 0.750 bits per heavy atom. The van der Waals surface area contributed by atoms with Crippen LogP contribution < -0.4 is 10.0 Å². The Bertz CT molecular complexity index is 1450. The van der Waals surface area contributed by atoms with Gasteiger partial charge in [-0.3, -0.25) is 4.31 Å². The summed E-state index contributed by atoms with van der Waals surface area (Å²) in [5.74, 6) is 0. The number of benzene rings is 4.